The van der Waals surface area contributed by atoms with Crippen LogP contribution in [0.4, 0.5) is 5.69 Å². The van der Waals surface area contributed by atoms with E-state index >= 15 is 0 Å². The summed E-state index contributed by atoms with van der Waals surface area (Å²) in [5.41, 5.74) is 3.76. The SMILES string of the molecule is Cc1cc(C)cc(N(CCCC(=O)N(Cc2ccc(Cl)cc2)[C@@H](Cc2ccccc2)C(=O)NC(C)(C)C)S(C)(=O)=O)c1. The molecule has 1 N–H and O–H groups in total. The monoisotopic (exact) mass is 611 g/mol. The van der Waals surface area contributed by atoms with Gasteiger partial charge < -0.3 is 10.2 Å². The summed E-state index contributed by atoms with van der Waals surface area (Å²) in [6, 6.07) is 21.7. The van der Waals surface area contributed by atoms with E-state index in [4.69, 9.17) is 11.6 Å². The Kier molecular flexibility index (Phi) is 11.2. The van der Waals surface area contributed by atoms with E-state index in [2.05, 4.69) is 5.32 Å². The molecule has 2 amide bonds. The fourth-order valence-electron chi connectivity index (χ4n) is 4.89. The van der Waals surface area contributed by atoms with Crippen LogP contribution in [0.25, 0.3) is 0 Å². The minimum Gasteiger partial charge on any atom is -0.350 e. The number of hydrogen-bond acceptors (Lipinski definition) is 4. The average molecular weight is 612 g/mol. The summed E-state index contributed by atoms with van der Waals surface area (Å²) < 4.78 is 26.8. The first-order chi connectivity index (χ1) is 19.6. The van der Waals surface area contributed by atoms with E-state index in [0.717, 1.165) is 22.3 Å². The Labute approximate surface area is 255 Å². The third-order valence-electron chi connectivity index (χ3n) is 6.68. The van der Waals surface area contributed by atoms with E-state index in [1.54, 1.807) is 17.0 Å². The summed E-state index contributed by atoms with van der Waals surface area (Å²) in [6.07, 6.45) is 1.86. The Morgan fingerprint density at radius 3 is 2.05 bits per heavy atom. The van der Waals surface area contributed by atoms with Crippen molar-refractivity contribution in [3.63, 3.8) is 0 Å². The quantitative estimate of drug-likeness (QED) is 0.270. The highest BCUT2D eigenvalue weighted by atomic mass is 35.5. The van der Waals surface area contributed by atoms with E-state index in [1.807, 2.05) is 95.3 Å². The molecule has 0 aliphatic heterocycles. The summed E-state index contributed by atoms with van der Waals surface area (Å²) >= 11 is 6.11. The molecule has 0 aliphatic carbocycles. The number of sulfonamides is 1. The molecule has 42 heavy (non-hydrogen) atoms. The number of carbonyl (C=O) groups is 2. The van der Waals surface area contributed by atoms with Crippen molar-refractivity contribution in [2.75, 3.05) is 17.1 Å². The molecule has 3 aromatic carbocycles. The third kappa shape index (κ3) is 10.2. The maximum atomic E-state index is 13.9. The summed E-state index contributed by atoms with van der Waals surface area (Å²) in [7, 11) is -3.58. The van der Waals surface area contributed by atoms with Crippen LogP contribution in [0.2, 0.25) is 5.02 Å². The van der Waals surface area contributed by atoms with Crippen LogP contribution in [-0.4, -0.2) is 49.5 Å². The van der Waals surface area contributed by atoms with Crippen molar-refractivity contribution in [3.05, 3.63) is 100 Å². The number of benzene rings is 3. The Bertz CT molecular complexity index is 1450. The van der Waals surface area contributed by atoms with Gasteiger partial charge in [0.1, 0.15) is 6.04 Å². The molecule has 0 saturated heterocycles. The highest BCUT2D eigenvalue weighted by Gasteiger charge is 2.32. The van der Waals surface area contributed by atoms with E-state index in [0.29, 0.717) is 17.1 Å². The summed E-state index contributed by atoms with van der Waals surface area (Å²) in [5, 5.41) is 3.63. The lowest BCUT2D eigenvalue weighted by molar-refractivity contribution is -0.142. The summed E-state index contributed by atoms with van der Waals surface area (Å²) in [4.78, 5) is 29.3. The third-order valence-corrected chi connectivity index (χ3v) is 8.13. The zero-order chi connectivity index (χ0) is 31.1. The van der Waals surface area contributed by atoms with Gasteiger partial charge in [0.25, 0.3) is 0 Å². The van der Waals surface area contributed by atoms with Gasteiger partial charge in [0.2, 0.25) is 21.8 Å². The molecule has 0 aliphatic rings. The van der Waals surface area contributed by atoms with Crippen LogP contribution in [0, 0.1) is 13.8 Å². The lowest BCUT2D eigenvalue weighted by Gasteiger charge is -2.34. The first kappa shape index (κ1) is 33.1. The topological polar surface area (TPSA) is 86.8 Å². The predicted molar refractivity (Wildman–Crippen MR) is 171 cm³/mol. The number of nitrogens with one attached hydrogen (secondary N) is 1. The Morgan fingerprint density at radius 1 is 0.905 bits per heavy atom. The molecule has 3 rings (SSSR count). The van der Waals surface area contributed by atoms with Crippen LogP contribution in [0.5, 0.6) is 0 Å². The number of anilines is 1. The van der Waals surface area contributed by atoms with Gasteiger partial charge in [-0.25, -0.2) is 8.42 Å². The Balaban J connectivity index is 1.91. The van der Waals surface area contributed by atoms with E-state index < -0.39 is 21.6 Å². The van der Waals surface area contributed by atoms with Gasteiger partial charge in [-0.05, 0) is 87.6 Å². The maximum Gasteiger partial charge on any atom is 0.243 e. The van der Waals surface area contributed by atoms with Crippen molar-refractivity contribution in [2.24, 2.45) is 0 Å². The molecule has 3 aromatic rings. The largest absolute Gasteiger partial charge is 0.350 e. The molecule has 0 unspecified atom stereocenters. The highest BCUT2D eigenvalue weighted by molar-refractivity contribution is 7.92. The van der Waals surface area contributed by atoms with E-state index in [9.17, 15) is 18.0 Å². The van der Waals surface area contributed by atoms with Gasteiger partial charge in [0.05, 0.1) is 11.9 Å². The average Bonchev–Trinajstić information content (AvgIpc) is 2.88. The van der Waals surface area contributed by atoms with Crippen molar-refractivity contribution in [3.8, 4) is 0 Å². The van der Waals surface area contributed by atoms with Crippen LogP contribution in [-0.2, 0) is 32.6 Å². The van der Waals surface area contributed by atoms with Gasteiger partial charge in [-0.3, -0.25) is 13.9 Å². The second-order valence-corrected chi connectivity index (χ2v) is 14.2. The fraction of sp³-hybridized carbons (Fsp3) is 0.394. The molecule has 226 valence electrons. The van der Waals surface area contributed by atoms with E-state index in [-0.39, 0.29) is 37.7 Å². The lowest BCUT2D eigenvalue weighted by Crippen LogP contribution is -2.54. The van der Waals surface area contributed by atoms with Crippen molar-refractivity contribution in [2.45, 2.75) is 72.0 Å². The summed E-state index contributed by atoms with van der Waals surface area (Å²) in [5.74, 6) is -0.481. The number of carbonyl (C=O) groups excluding carboxylic acids is 2. The molecule has 0 bridgehead atoms. The molecular weight excluding hydrogens is 570 g/mol. The molecule has 9 heteroatoms. The molecule has 7 nitrogen and oxygen atoms in total. The van der Waals surface area contributed by atoms with Gasteiger partial charge >= 0.3 is 0 Å². The zero-order valence-corrected chi connectivity index (χ0v) is 26.9. The zero-order valence-electron chi connectivity index (χ0n) is 25.4. The molecular formula is C33H42ClN3O4S. The van der Waals surface area contributed by atoms with Crippen LogP contribution >= 0.6 is 11.6 Å². The fourth-order valence-corrected chi connectivity index (χ4v) is 5.97. The number of rotatable bonds is 12. The second-order valence-electron chi connectivity index (χ2n) is 11.9. The number of amides is 2. The number of hydrogen-bond donors (Lipinski definition) is 1. The highest BCUT2D eigenvalue weighted by Crippen LogP contribution is 2.23. The van der Waals surface area contributed by atoms with Crippen molar-refractivity contribution in [1.82, 2.24) is 10.2 Å². The number of aryl methyl sites for hydroxylation is 2. The van der Waals surface area contributed by atoms with Crippen LogP contribution in [0.15, 0.2) is 72.8 Å². The molecule has 0 spiro atoms. The maximum absolute atomic E-state index is 13.9. The Hall–Kier alpha value is -3.36. The van der Waals surface area contributed by atoms with Crippen LogP contribution < -0.4 is 9.62 Å². The first-order valence-corrected chi connectivity index (χ1v) is 16.3. The normalized spacial score (nSPS) is 12.5. The predicted octanol–water partition coefficient (Wildman–Crippen LogP) is 6.06. The van der Waals surface area contributed by atoms with Crippen molar-refractivity contribution >= 4 is 39.1 Å². The molecule has 0 fully saturated rings. The molecule has 0 aromatic heterocycles. The first-order valence-electron chi connectivity index (χ1n) is 14.1. The number of nitrogens with zero attached hydrogens (tertiary/aromatic N) is 2. The van der Waals surface area contributed by atoms with Crippen LogP contribution in [0.1, 0.15) is 55.9 Å². The molecule has 0 saturated carbocycles. The minimum absolute atomic E-state index is 0.0680. The minimum atomic E-state index is -3.58. The van der Waals surface area contributed by atoms with Crippen molar-refractivity contribution < 1.29 is 18.0 Å². The lowest BCUT2D eigenvalue weighted by atomic mass is 10.00. The van der Waals surface area contributed by atoms with Gasteiger partial charge in [-0.2, -0.15) is 0 Å². The number of halogens is 1. The standard InChI is InChI=1S/C33H42ClN3O4S/c1-24-19-25(2)21-29(20-24)37(42(6,40)41)18-10-13-31(38)36(23-27-14-16-28(34)17-15-27)30(32(39)35-33(3,4)5)22-26-11-8-7-9-12-26/h7-9,11-12,14-17,19-21,30H,10,13,18,22-23H2,1-6H3,(H,35,39)/t30-/m0/s1. The van der Waals surface area contributed by atoms with E-state index in [1.165, 1.54) is 10.6 Å². The molecule has 0 heterocycles. The molecule has 1 atom stereocenters. The van der Waals surface area contributed by atoms with Gasteiger partial charge in [-0.1, -0.05) is 60.1 Å². The smallest absolute Gasteiger partial charge is 0.243 e. The van der Waals surface area contributed by atoms with Gasteiger partial charge in [-0.15, -0.1) is 0 Å². The second kappa shape index (κ2) is 14.2. The van der Waals surface area contributed by atoms with Crippen molar-refractivity contribution in [1.29, 1.82) is 0 Å². The van der Waals surface area contributed by atoms with Gasteiger partial charge in [0, 0.05) is 36.5 Å². The molecule has 0 radical (unpaired) electrons. The summed E-state index contributed by atoms with van der Waals surface area (Å²) in [6.45, 7) is 9.90. The Morgan fingerprint density at radius 2 is 1.50 bits per heavy atom. The van der Waals surface area contributed by atoms with Crippen LogP contribution in [0.3, 0.4) is 0 Å². The van der Waals surface area contributed by atoms with Gasteiger partial charge in [0.15, 0.2) is 0 Å².